The van der Waals surface area contributed by atoms with Gasteiger partial charge in [0.15, 0.2) is 11.7 Å². The average molecular weight is 762 g/mol. The number of nitrogens with two attached hydrogens (primary N) is 1. The molecular weight excluding hydrogens is 714 g/mol. The van der Waals surface area contributed by atoms with Gasteiger partial charge in [0.05, 0.1) is 23.8 Å². The van der Waals surface area contributed by atoms with E-state index in [-0.39, 0.29) is 30.6 Å². The van der Waals surface area contributed by atoms with Crippen LogP contribution in [0.3, 0.4) is 0 Å². The number of carbonyl (C=O) groups is 5. The van der Waals surface area contributed by atoms with Gasteiger partial charge >= 0.3 is 5.97 Å². The molecule has 2 amide bonds. The van der Waals surface area contributed by atoms with Crippen molar-refractivity contribution in [1.82, 2.24) is 10.2 Å². The summed E-state index contributed by atoms with van der Waals surface area (Å²) in [5, 5.41) is 81.9. The molecule has 0 aromatic heterocycles. The molecule has 1 aromatic carbocycles. The quantitative estimate of drug-likeness (QED) is 0.0719. The van der Waals surface area contributed by atoms with E-state index < -0.39 is 117 Å². The average Bonchev–Trinajstić information content (AvgIpc) is 3.05. The van der Waals surface area contributed by atoms with Crippen molar-refractivity contribution in [2.75, 3.05) is 45.0 Å². The van der Waals surface area contributed by atoms with E-state index in [1.165, 1.54) is 25.1 Å². The molecule has 5 rings (SSSR count). The number of nitrogens with zero attached hydrogens (tertiary/aromatic N) is 2. The van der Waals surface area contributed by atoms with Gasteiger partial charge < -0.3 is 66.5 Å². The third kappa shape index (κ3) is 6.69. The van der Waals surface area contributed by atoms with Crippen LogP contribution in [-0.2, 0) is 39.9 Å². The molecule has 54 heavy (non-hydrogen) atoms. The first-order valence-corrected chi connectivity index (χ1v) is 17.1. The van der Waals surface area contributed by atoms with Crippen LogP contribution in [0.2, 0.25) is 0 Å². The first kappa shape index (κ1) is 40.6. The minimum Gasteiger partial charge on any atom is -0.507 e. The summed E-state index contributed by atoms with van der Waals surface area (Å²) < 4.78 is 11.0. The summed E-state index contributed by atoms with van der Waals surface area (Å²) in [7, 11) is 6.29. The molecule has 19 heteroatoms. The number of primary amides is 1. The molecule has 3 aliphatic carbocycles. The predicted octanol–water partition coefficient (Wildman–Crippen LogP) is -2.29. The number of aliphatic hydroxyl groups excluding tert-OH is 4. The lowest BCUT2D eigenvalue weighted by Gasteiger charge is -2.51. The molecule has 1 heterocycles. The topological polar surface area (TPSA) is 302 Å². The largest absolute Gasteiger partial charge is 0.507 e. The van der Waals surface area contributed by atoms with E-state index in [1.54, 1.807) is 19.0 Å². The number of nitrogens with one attached hydrogen (secondary N) is 2. The van der Waals surface area contributed by atoms with Gasteiger partial charge in [-0.05, 0) is 65.3 Å². The van der Waals surface area contributed by atoms with Crippen molar-refractivity contribution in [2.24, 2.45) is 17.6 Å². The second kappa shape index (κ2) is 14.2. The van der Waals surface area contributed by atoms with Crippen LogP contribution in [0.1, 0.15) is 38.3 Å². The standard InChI is InChI=1S/C35H47N5O14/c1-34(2,3)37-11-17(41)38-15-10-16(39(4)5)13-8-12-9-14-21(40(6)7)27(53-33-26(46)24(44)25(45)28(54-33)32(50)51)20(31(36)49)30(48)35(14,52)29(47)18(12)23(43)19(13)22(15)42/h10,12,14,21,24-26,28,33,37,42-46,52H,8-9,11H2,1-7H3,(H2,36,49)(H,38,41)(H,50,51)/t12-,14-,21+,24-,25-,26+,28-,33+,35-/m0/s1. The Hall–Kier alpha value is -4.63. The number of carboxylic acids is 1. The van der Waals surface area contributed by atoms with Crippen LogP contribution in [0.4, 0.5) is 11.4 Å². The number of aromatic hydroxyl groups is 1. The highest BCUT2D eigenvalue weighted by atomic mass is 16.7. The number of Topliss-reactive ketones (excluding diaryl/α,β-unsaturated/α-hetero) is 2. The summed E-state index contributed by atoms with van der Waals surface area (Å²) in [4.78, 5) is 69.4. The SMILES string of the molecule is CN(C)c1cc(NC(=O)CNC(C)(C)C)c(O)c2c1C[C@H]1C[C@H]3[C@@H](N(C)C)C(O[C@@H]4O[C@H](C(=O)O)[C@@H](O)[C@H](O)[C@H]4O)=C(C(N)=O)C(=O)[C@@]3(O)C(=O)C1=C2O. The van der Waals surface area contributed by atoms with E-state index in [1.807, 2.05) is 20.8 Å². The highest BCUT2D eigenvalue weighted by Gasteiger charge is 2.66. The van der Waals surface area contributed by atoms with Crippen molar-refractivity contribution >= 4 is 46.5 Å². The van der Waals surface area contributed by atoms with E-state index in [9.17, 15) is 59.7 Å². The van der Waals surface area contributed by atoms with Gasteiger partial charge in [0, 0.05) is 36.8 Å². The second-order valence-electron chi connectivity index (χ2n) is 15.5. The summed E-state index contributed by atoms with van der Waals surface area (Å²) >= 11 is 0. The van der Waals surface area contributed by atoms with Crippen molar-refractivity contribution in [2.45, 2.75) is 81.5 Å². The van der Waals surface area contributed by atoms with Gasteiger partial charge in [-0.2, -0.15) is 0 Å². The Kier molecular flexibility index (Phi) is 10.7. The monoisotopic (exact) mass is 761 g/mol. The number of benzene rings is 1. The molecule has 11 N–H and O–H groups in total. The van der Waals surface area contributed by atoms with Crippen LogP contribution in [0.25, 0.3) is 5.76 Å². The molecular formula is C35H47N5O14. The van der Waals surface area contributed by atoms with Crippen molar-refractivity contribution in [3.63, 3.8) is 0 Å². The Morgan fingerprint density at radius 2 is 1.67 bits per heavy atom. The van der Waals surface area contributed by atoms with Gasteiger partial charge in [-0.3, -0.25) is 24.1 Å². The fourth-order valence-electron chi connectivity index (χ4n) is 7.71. The number of phenolic OH excluding ortho intramolecular Hbond substituents is 1. The van der Waals surface area contributed by atoms with Crippen LogP contribution in [-0.4, -0.2) is 153 Å². The number of carbonyl (C=O) groups excluding carboxylic acids is 4. The van der Waals surface area contributed by atoms with E-state index in [4.69, 9.17) is 15.2 Å². The molecule has 296 valence electrons. The van der Waals surface area contributed by atoms with Crippen LogP contribution in [0.5, 0.6) is 5.75 Å². The van der Waals surface area contributed by atoms with Crippen LogP contribution in [0, 0.1) is 11.8 Å². The van der Waals surface area contributed by atoms with Crippen molar-refractivity contribution in [3.05, 3.63) is 34.1 Å². The third-order valence-electron chi connectivity index (χ3n) is 10.3. The highest BCUT2D eigenvalue weighted by molar-refractivity contribution is 6.33. The van der Waals surface area contributed by atoms with Gasteiger partial charge in [-0.25, -0.2) is 4.79 Å². The number of phenols is 1. The Bertz CT molecular complexity index is 1850. The fraction of sp³-hybridized carbons (Fsp3) is 0.571. The molecule has 0 spiro atoms. The number of likely N-dealkylation sites (N-methyl/N-ethyl adjacent to an activating group) is 1. The lowest BCUT2D eigenvalue weighted by Crippen LogP contribution is -2.68. The molecule has 1 saturated heterocycles. The summed E-state index contributed by atoms with van der Waals surface area (Å²) in [6.07, 6.45) is -10.7. The zero-order valence-corrected chi connectivity index (χ0v) is 30.8. The van der Waals surface area contributed by atoms with Gasteiger partial charge in [-0.1, -0.05) is 0 Å². The predicted molar refractivity (Wildman–Crippen MR) is 188 cm³/mol. The number of aliphatic carboxylic acids is 1. The van der Waals surface area contributed by atoms with Crippen LogP contribution < -0.4 is 21.3 Å². The molecule has 1 aromatic rings. The maximum atomic E-state index is 14.5. The third-order valence-corrected chi connectivity index (χ3v) is 10.3. The fourth-order valence-corrected chi connectivity index (χ4v) is 7.71. The number of rotatable bonds is 9. The molecule has 0 radical (unpaired) electrons. The van der Waals surface area contributed by atoms with Crippen molar-refractivity contribution < 1.29 is 69.2 Å². The molecule has 9 atom stereocenters. The number of ether oxygens (including phenoxy) is 2. The number of ketones is 2. The minimum absolute atomic E-state index is 0.0142. The lowest BCUT2D eigenvalue weighted by atomic mass is 9.57. The summed E-state index contributed by atoms with van der Waals surface area (Å²) in [6.45, 7) is 5.46. The van der Waals surface area contributed by atoms with Crippen LogP contribution in [0.15, 0.2) is 23.0 Å². The summed E-state index contributed by atoms with van der Waals surface area (Å²) in [5.74, 6) is -10.8. The van der Waals surface area contributed by atoms with E-state index >= 15 is 0 Å². The number of amides is 2. The zero-order valence-electron chi connectivity index (χ0n) is 30.8. The number of hydrogen-bond acceptors (Lipinski definition) is 16. The Morgan fingerprint density at radius 3 is 2.20 bits per heavy atom. The zero-order chi connectivity index (χ0) is 40.5. The molecule has 0 unspecified atom stereocenters. The molecule has 2 fully saturated rings. The Morgan fingerprint density at radius 1 is 1.04 bits per heavy atom. The number of anilines is 2. The second-order valence-corrected chi connectivity index (χ2v) is 15.5. The first-order valence-electron chi connectivity index (χ1n) is 17.1. The molecule has 1 aliphatic heterocycles. The van der Waals surface area contributed by atoms with Gasteiger partial charge in [0.2, 0.25) is 23.8 Å². The highest BCUT2D eigenvalue weighted by Crippen LogP contribution is 2.54. The van der Waals surface area contributed by atoms with Gasteiger partial charge in [-0.15, -0.1) is 0 Å². The number of fused-ring (bicyclic) bond motifs is 3. The molecule has 1 saturated carbocycles. The smallest absolute Gasteiger partial charge is 0.335 e. The Labute approximate surface area is 309 Å². The lowest BCUT2D eigenvalue weighted by molar-refractivity contribution is -0.287. The Balaban J connectivity index is 1.63. The van der Waals surface area contributed by atoms with Crippen LogP contribution >= 0.6 is 0 Å². The van der Waals surface area contributed by atoms with E-state index in [0.29, 0.717) is 11.3 Å². The number of carboxylic acid groups (broad SMARTS) is 1. The van der Waals surface area contributed by atoms with Gasteiger partial charge in [0.1, 0.15) is 41.2 Å². The maximum absolute atomic E-state index is 14.5. The first-order chi connectivity index (χ1) is 24.9. The van der Waals surface area contributed by atoms with E-state index in [2.05, 4.69) is 10.6 Å². The minimum atomic E-state index is -3.04. The number of hydrogen-bond donors (Lipinski definition) is 10. The van der Waals surface area contributed by atoms with Crippen molar-refractivity contribution in [1.29, 1.82) is 0 Å². The maximum Gasteiger partial charge on any atom is 0.335 e. The molecule has 0 bridgehead atoms. The van der Waals surface area contributed by atoms with Gasteiger partial charge in [0.25, 0.3) is 5.91 Å². The van der Waals surface area contributed by atoms with E-state index in [0.717, 1.165) is 0 Å². The summed E-state index contributed by atoms with van der Waals surface area (Å²) in [5.41, 5.74) is 1.28. The molecule has 19 nitrogen and oxygen atoms in total. The normalized spacial score (nSPS) is 31.1. The number of aliphatic hydroxyl groups is 5. The molecule has 4 aliphatic rings. The summed E-state index contributed by atoms with van der Waals surface area (Å²) in [6, 6.07) is 0.141. The van der Waals surface area contributed by atoms with Crippen molar-refractivity contribution in [3.8, 4) is 5.75 Å².